The number of aromatic amines is 1. The van der Waals surface area contributed by atoms with Gasteiger partial charge in [-0.1, -0.05) is 11.6 Å². The van der Waals surface area contributed by atoms with Crippen molar-refractivity contribution in [1.29, 1.82) is 0 Å². The number of amides is 2. The van der Waals surface area contributed by atoms with Gasteiger partial charge in [-0.05, 0) is 42.5 Å². The molecule has 0 saturated carbocycles. The fourth-order valence-corrected chi connectivity index (χ4v) is 3.49. The highest BCUT2D eigenvalue weighted by Gasteiger charge is 2.24. The number of benzene rings is 2. The van der Waals surface area contributed by atoms with Gasteiger partial charge in [-0.15, -0.1) is 0 Å². The summed E-state index contributed by atoms with van der Waals surface area (Å²) in [5, 5.41) is 4.46. The summed E-state index contributed by atoms with van der Waals surface area (Å²) in [5.74, 6) is -0.375. The number of hydrogen-bond acceptors (Lipinski definition) is 3. The lowest BCUT2D eigenvalue weighted by molar-refractivity contribution is 0.0601. The number of anilines is 1. The van der Waals surface area contributed by atoms with Crippen molar-refractivity contribution in [2.75, 3.05) is 19.0 Å². The number of aromatic nitrogens is 1. The van der Waals surface area contributed by atoms with Crippen LogP contribution >= 0.6 is 11.6 Å². The highest BCUT2D eigenvalue weighted by Crippen LogP contribution is 2.29. The fourth-order valence-electron chi connectivity index (χ4n) is 3.37. The van der Waals surface area contributed by atoms with E-state index in [9.17, 15) is 9.59 Å². The molecule has 7 heteroatoms. The molecule has 3 aromatic rings. The van der Waals surface area contributed by atoms with Crippen molar-refractivity contribution in [2.45, 2.75) is 13.0 Å². The Morgan fingerprint density at radius 2 is 1.96 bits per heavy atom. The number of carbonyl (C=O) groups excluding carboxylic acids is 2. The van der Waals surface area contributed by atoms with Crippen LogP contribution in [0.1, 0.15) is 21.6 Å². The van der Waals surface area contributed by atoms with E-state index in [-0.39, 0.29) is 12.0 Å². The highest BCUT2D eigenvalue weighted by molar-refractivity contribution is 6.30. The molecule has 27 heavy (non-hydrogen) atoms. The van der Waals surface area contributed by atoms with Gasteiger partial charge in [-0.25, -0.2) is 9.59 Å². The van der Waals surface area contributed by atoms with Gasteiger partial charge in [0.25, 0.3) is 0 Å². The predicted molar refractivity (Wildman–Crippen MR) is 104 cm³/mol. The molecule has 6 nitrogen and oxygen atoms in total. The van der Waals surface area contributed by atoms with E-state index in [0.717, 1.165) is 28.6 Å². The first-order valence-electron chi connectivity index (χ1n) is 8.58. The number of esters is 1. The molecule has 138 valence electrons. The molecule has 2 aromatic carbocycles. The largest absolute Gasteiger partial charge is 0.465 e. The lowest BCUT2D eigenvalue weighted by Crippen LogP contribution is -2.38. The van der Waals surface area contributed by atoms with Crippen molar-refractivity contribution in [2.24, 2.45) is 0 Å². The number of H-pyrrole nitrogens is 1. The molecule has 1 aliphatic heterocycles. The van der Waals surface area contributed by atoms with E-state index in [1.807, 2.05) is 12.1 Å². The van der Waals surface area contributed by atoms with Crippen LogP contribution in [-0.2, 0) is 17.7 Å². The van der Waals surface area contributed by atoms with Gasteiger partial charge < -0.3 is 19.9 Å². The average molecular weight is 384 g/mol. The molecule has 0 aliphatic carbocycles. The Morgan fingerprint density at radius 1 is 1.19 bits per heavy atom. The van der Waals surface area contributed by atoms with E-state index in [1.54, 1.807) is 35.2 Å². The van der Waals surface area contributed by atoms with Crippen LogP contribution in [0.15, 0.2) is 42.5 Å². The van der Waals surface area contributed by atoms with Crippen molar-refractivity contribution in [3.05, 3.63) is 64.3 Å². The minimum absolute atomic E-state index is 0.165. The van der Waals surface area contributed by atoms with Crippen molar-refractivity contribution < 1.29 is 14.3 Å². The minimum Gasteiger partial charge on any atom is -0.465 e. The monoisotopic (exact) mass is 383 g/mol. The van der Waals surface area contributed by atoms with E-state index in [4.69, 9.17) is 16.3 Å². The molecule has 1 aliphatic rings. The molecule has 0 spiro atoms. The summed E-state index contributed by atoms with van der Waals surface area (Å²) < 4.78 is 4.81. The number of ether oxygens (including phenoxy) is 1. The van der Waals surface area contributed by atoms with Gasteiger partial charge >= 0.3 is 12.0 Å². The molecule has 2 heterocycles. The SMILES string of the molecule is COC(=O)c1ccc2[nH]c3c(c2c1)CN(C(=O)Nc1ccc(Cl)cc1)CC3. The lowest BCUT2D eigenvalue weighted by atomic mass is 10.0. The Labute approximate surface area is 161 Å². The first-order valence-corrected chi connectivity index (χ1v) is 8.96. The molecular weight excluding hydrogens is 366 g/mol. The molecule has 0 atom stereocenters. The molecule has 2 amide bonds. The number of nitrogens with one attached hydrogen (secondary N) is 2. The number of rotatable bonds is 2. The predicted octanol–water partition coefficient (Wildman–Crippen LogP) is 4.20. The smallest absolute Gasteiger partial charge is 0.337 e. The normalized spacial score (nSPS) is 13.3. The van der Waals surface area contributed by atoms with Crippen LogP contribution in [0.3, 0.4) is 0 Å². The molecule has 0 radical (unpaired) electrons. The van der Waals surface area contributed by atoms with E-state index < -0.39 is 0 Å². The van der Waals surface area contributed by atoms with Crippen LogP contribution in [-0.4, -0.2) is 35.5 Å². The van der Waals surface area contributed by atoms with E-state index in [2.05, 4.69) is 10.3 Å². The second-order valence-corrected chi connectivity index (χ2v) is 6.88. The van der Waals surface area contributed by atoms with Crippen LogP contribution in [0, 0.1) is 0 Å². The van der Waals surface area contributed by atoms with Crippen molar-refractivity contribution in [3.63, 3.8) is 0 Å². The van der Waals surface area contributed by atoms with Gasteiger partial charge in [-0.3, -0.25) is 0 Å². The Morgan fingerprint density at radius 3 is 2.70 bits per heavy atom. The zero-order valence-corrected chi connectivity index (χ0v) is 15.5. The average Bonchev–Trinajstić information content (AvgIpc) is 3.06. The number of carbonyl (C=O) groups is 2. The summed E-state index contributed by atoms with van der Waals surface area (Å²) in [7, 11) is 1.36. The third-order valence-corrected chi connectivity index (χ3v) is 5.03. The summed E-state index contributed by atoms with van der Waals surface area (Å²) in [6, 6.07) is 12.3. The van der Waals surface area contributed by atoms with Crippen LogP contribution in [0.2, 0.25) is 5.02 Å². The summed E-state index contributed by atoms with van der Waals surface area (Å²) in [4.78, 5) is 29.6. The first-order chi connectivity index (χ1) is 13.0. The Hall–Kier alpha value is -2.99. The van der Waals surface area contributed by atoms with E-state index in [1.165, 1.54) is 7.11 Å². The number of urea groups is 1. The maximum Gasteiger partial charge on any atom is 0.337 e. The van der Waals surface area contributed by atoms with Gasteiger partial charge in [0.15, 0.2) is 0 Å². The zero-order chi connectivity index (χ0) is 19.0. The number of methoxy groups -OCH3 is 1. The number of hydrogen-bond donors (Lipinski definition) is 2. The van der Waals surface area contributed by atoms with Gasteiger partial charge in [0.2, 0.25) is 0 Å². The maximum absolute atomic E-state index is 12.6. The van der Waals surface area contributed by atoms with Crippen molar-refractivity contribution in [3.8, 4) is 0 Å². The summed E-state index contributed by atoms with van der Waals surface area (Å²) in [6.07, 6.45) is 0.728. The Kier molecular flexibility index (Phi) is 4.49. The molecule has 0 saturated heterocycles. The quantitative estimate of drug-likeness (QED) is 0.651. The Bertz CT molecular complexity index is 1030. The molecule has 0 bridgehead atoms. The first kappa shape index (κ1) is 17.4. The molecular formula is C20H18ClN3O3. The van der Waals surface area contributed by atoms with Crippen LogP contribution in [0.5, 0.6) is 0 Å². The molecule has 1 aromatic heterocycles. The number of halogens is 1. The second-order valence-electron chi connectivity index (χ2n) is 6.44. The maximum atomic E-state index is 12.6. The molecule has 0 fully saturated rings. The van der Waals surface area contributed by atoms with Gasteiger partial charge in [0.05, 0.1) is 12.7 Å². The van der Waals surface area contributed by atoms with Crippen molar-refractivity contribution in [1.82, 2.24) is 9.88 Å². The lowest BCUT2D eigenvalue weighted by Gasteiger charge is -2.27. The molecule has 2 N–H and O–H groups in total. The zero-order valence-electron chi connectivity index (χ0n) is 14.7. The number of fused-ring (bicyclic) bond motifs is 3. The van der Waals surface area contributed by atoms with Gasteiger partial charge in [0, 0.05) is 52.4 Å². The van der Waals surface area contributed by atoms with Gasteiger partial charge in [0.1, 0.15) is 0 Å². The minimum atomic E-state index is -0.375. The van der Waals surface area contributed by atoms with Crippen LogP contribution in [0.4, 0.5) is 10.5 Å². The standard InChI is InChI=1S/C20H18ClN3O3/c1-27-19(25)12-2-7-17-15(10-12)16-11-24(9-8-18(16)23-17)20(26)22-14-5-3-13(21)4-6-14/h2-7,10,23H,8-9,11H2,1H3,(H,22,26). The fraction of sp³-hybridized carbons (Fsp3) is 0.200. The molecule has 0 unspecified atom stereocenters. The summed E-state index contributed by atoms with van der Waals surface area (Å²) in [5.41, 5.74) is 4.28. The van der Waals surface area contributed by atoms with Crippen LogP contribution in [0.25, 0.3) is 10.9 Å². The topological polar surface area (TPSA) is 74.4 Å². The third-order valence-electron chi connectivity index (χ3n) is 4.78. The number of nitrogens with zero attached hydrogens (tertiary/aromatic N) is 1. The summed E-state index contributed by atoms with van der Waals surface area (Å²) >= 11 is 5.88. The van der Waals surface area contributed by atoms with E-state index >= 15 is 0 Å². The molecule has 4 rings (SSSR count). The summed E-state index contributed by atoms with van der Waals surface area (Å²) in [6.45, 7) is 1.09. The second kappa shape index (κ2) is 6.96. The highest BCUT2D eigenvalue weighted by atomic mass is 35.5. The van der Waals surface area contributed by atoms with E-state index in [0.29, 0.717) is 29.4 Å². The Balaban J connectivity index is 1.58. The van der Waals surface area contributed by atoms with Crippen LogP contribution < -0.4 is 5.32 Å². The van der Waals surface area contributed by atoms with Crippen molar-refractivity contribution >= 4 is 40.2 Å². The third kappa shape index (κ3) is 3.36. The van der Waals surface area contributed by atoms with Gasteiger partial charge in [-0.2, -0.15) is 0 Å².